The standard InChI is InChI=1S/C15H18BrNO3/c1-9-6-10(8-11(16)7-9)13(18)17-12-4-3-5-15(12,2)14(19)20/h6-8,12H,3-5H2,1-2H3,(H,17,18)(H,19,20). The summed E-state index contributed by atoms with van der Waals surface area (Å²) >= 11 is 3.37. The molecule has 0 aliphatic heterocycles. The second-order valence-corrected chi connectivity index (χ2v) is 6.57. The van der Waals surface area contributed by atoms with Crippen molar-refractivity contribution in [1.82, 2.24) is 5.32 Å². The number of carbonyl (C=O) groups is 2. The third-order valence-corrected chi connectivity index (χ3v) is 4.51. The van der Waals surface area contributed by atoms with Crippen LogP contribution >= 0.6 is 15.9 Å². The molecule has 1 aliphatic carbocycles. The number of nitrogens with one attached hydrogen (secondary N) is 1. The molecule has 108 valence electrons. The Labute approximate surface area is 126 Å². The highest BCUT2D eigenvalue weighted by molar-refractivity contribution is 9.10. The van der Waals surface area contributed by atoms with Gasteiger partial charge in [0.15, 0.2) is 0 Å². The molecule has 1 aromatic carbocycles. The van der Waals surface area contributed by atoms with Gasteiger partial charge in [-0.2, -0.15) is 0 Å². The van der Waals surface area contributed by atoms with Gasteiger partial charge in [-0.3, -0.25) is 9.59 Å². The van der Waals surface area contributed by atoms with Crippen LogP contribution in [0, 0.1) is 12.3 Å². The largest absolute Gasteiger partial charge is 0.481 e. The zero-order chi connectivity index (χ0) is 14.9. The summed E-state index contributed by atoms with van der Waals surface area (Å²) in [5.41, 5.74) is 0.671. The van der Waals surface area contributed by atoms with Gasteiger partial charge >= 0.3 is 5.97 Å². The highest BCUT2D eigenvalue weighted by atomic mass is 79.9. The van der Waals surface area contributed by atoms with Crippen molar-refractivity contribution in [3.05, 3.63) is 33.8 Å². The Bertz CT molecular complexity index is 538. The number of rotatable bonds is 3. The zero-order valence-corrected chi connectivity index (χ0v) is 13.2. The predicted octanol–water partition coefficient (Wildman–Crippen LogP) is 3.13. The number of aryl methyl sites for hydroxylation is 1. The quantitative estimate of drug-likeness (QED) is 0.888. The van der Waals surface area contributed by atoms with Gasteiger partial charge in [-0.1, -0.05) is 22.4 Å². The Morgan fingerprint density at radius 1 is 1.40 bits per heavy atom. The molecule has 2 N–H and O–H groups in total. The first-order chi connectivity index (χ1) is 9.33. The maximum atomic E-state index is 12.3. The lowest BCUT2D eigenvalue weighted by atomic mass is 9.85. The molecule has 5 heteroatoms. The van der Waals surface area contributed by atoms with Crippen LogP contribution in [0.15, 0.2) is 22.7 Å². The Morgan fingerprint density at radius 3 is 2.70 bits per heavy atom. The number of hydrogen-bond acceptors (Lipinski definition) is 2. The average molecular weight is 340 g/mol. The summed E-state index contributed by atoms with van der Waals surface area (Å²) in [5.74, 6) is -1.06. The SMILES string of the molecule is Cc1cc(Br)cc(C(=O)NC2CCCC2(C)C(=O)O)c1. The van der Waals surface area contributed by atoms with Gasteiger partial charge < -0.3 is 10.4 Å². The van der Waals surface area contributed by atoms with Crippen LogP contribution in [0.2, 0.25) is 0 Å². The predicted molar refractivity (Wildman–Crippen MR) is 79.7 cm³/mol. The van der Waals surface area contributed by atoms with Gasteiger partial charge in [-0.25, -0.2) is 0 Å². The molecule has 0 heterocycles. The second-order valence-electron chi connectivity index (χ2n) is 5.66. The van der Waals surface area contributed by atoms with E-state index in [9.17, 15) is 14.7 Å². The Morgan fingerprint density at radius 2 is 2.10 bits per heavy atom. The molecule has 1 fully saturated rings. The Balaban J connectivity index is 2.17. The van der Waals surface area contributed by atoms with Gasteiger partial charge in [-0.15, -0.1) is 0 Å². The topological polar surface area (TPSA) is 66.4 Å². The summed E-state index contributed by atoms with van der Waals surface area (Å²) in [4.78, 5) is 23.7. The van der Waals surface area contributed by atoms with E-state index in [0.717, 1.165) is 16.5 Å². The van der Waals surface area contributed by atoms with Crippen molar-refractivity contribution < 1.29 is 14.7 Å². The molecule has 0 spiro atoms. The van der Waals surface area contributed by atoms with Crippen LogP contribution in [0.1, 0.15) is 42.1 Å². The summed E-state index contributed by atoms with van der Waals surface area (Å²) < 4.78 is 0.843. The van der Waals surface area contributed by atoms with Crippen LogP contribution in [-0.4, -0.2) is 23.0 Å². The average Bonchev–Trinajstić information content (AvgIpc) is 2.71. The summed E-state index contributed by atoms with van der Waals surface area (Å²) in [6.07, 6.45) is 2.14. The smallest absolute Gasteiger partial charge is 0.311 e. The molecule has 0 bridgehead atoms. The number of benzene rings is 1. The first-order valence-electron chi connectivity index (χ1n) is 6.64. The van der Waals surface area contributed by atoms with Crippen molar-refractivity contribution in [2.24, 2.45) is 5.41 Å². The lowest BCUT2D eigenvalue weighted by molar-refractivity contribution is -0.148. The molecule has 0 saturated heterocycles. The van der Waals surface area contributed by atoms with Crippen molar-refractivity contribution in [2.45, 2.75) is 39.2 Å². The molecular weight excluding hydrogens is 322 g/mol. The van der Waals surface area contributed by atoms with E-state index in [1.165, 1.54) is 0 Å². The third kappa shape index (κ3) is 2.87. The zero-order valence-electron chi connectivity index (χ0n) is 11.6. The molecule has 0 aromatic heterocycles. The van der Waals surface area contributed by atoms with Crippen LogP contribution in [0.4, 0.5) is 0 Å². The van der Waals surface area contributed by atoms with Gasteiger partial charge in [0.25, 0.3) is 5.91 Å². The summed E-state index contributed by atoms with van der Waals surface area (Å²) in [7, 11) is 0. The maximum absolute atomic E-state index is 12.3. The summed E-state index contributed by atoms with van der Waals surface area (Å²) in [5, 5.41) is 12.2. The number of carboxylic acid groups (broad SMARTS) is 1. The number of hydrogen-bond donors (Lipinski definition) is 2. The van der Waals surface area contributed by atoms with E-state index >= 15 is 0 Å². The van der Waals surface area contributed by atoms with Crippen LogP contribution in [-0.2, 0) is 4.79 Å². The number of aliphatic carboxylic acids is 1. The van der Waals surface area contributed by atoms with Crippen molar-refractivity contribution in [3.8, 4) is 0 Å². The van der Waals surface area contributed by atoms with Crippen molar-refractivity contribution in [2.75, 3.05) is 0 Å². The van der Waals surface area contributed by atoms with E-state index in [4.69, 9.17) is 0 Å². The minimum absolute atomic E-state index is 0.214. The van der Waals surface area contributed by atoms with Gasteiger partial charge in [-0.05, 0) is 50.5 Å². The number of halogens is 1. The molecule has 0 radical (unpaired) electrons. The normalized spacial score (nSPS) is 25.4. The fraction of sp³-hybridized carbons (Fsp3) is 0.467. The molecule has 1 aliphatic rings. The van der Waals surface area contributed by atoms with E-state index < -0.39 is 11.4 Å². The van der Waals surface area contributed by atoms with E-state index in [0.29, 0.717) is 18.4 Å². The minimum Gasteiger partial charge on any atom is -0.481 e. The first kappa shape index (κ1) is 15.0. The van der Waals surface area contributed by atoms with E-state index in [2.05, 4.69) is 21.2 Å². The van der Waals surface area contributed by atoms with E-state index in [1.807, 2.05) is 13.0 Å². The maximum Gasteiger partial charge on any atom is 0.311 e. The fourth-order valence-corrected chi connectivity index (χ4v) is 3.37. The molecule has 2 unspecified atom stereocenters. The van der Waals surface area contributed by atoms with Crippen LogP contribution in [0.25, 0.3) is 0 Å². The first-order valence-corrected chi connectivity index (χ1v) is 7.44. The summed E-state index contributed by atoms with van der Waals surface area (Å²) in [6.45, 7) is 3.62. The van der Waals surface area contributed by atoms with Crippen LogP contribution in [0.3, 0.4) is 0 Å². The number of carbonyl (C=O) groups excluding carboxylic acids is 1. The molecular formula is C15H18BrNO3. The van der Waals surface area contributed by atoms with Gasteiger partial charge in [0.2, 0.25) is 0 Å². The van der Waals surface area contributed by atoms with Crippen molar-refractivity contribution in [3.63, 3.8) is 0 Å². The molecule has 20 heavy (non-hydrogen) atoms. The lowest BCUT2D eigenvalue weighted by Crippen LogP contribution is -2.47. The van der Waals surface area contributed by atoms with E-state index in [1.54, 1.807) is 19.1 Å². The highest BCUT2D eigenvalue weighted by Gasteiger charge is 2.45. The second kappa shape index (κ2) is 5.56. The van der Waals surface area contributed by atoms with Crippen LogP contribution in [0.5, 0.6) is 0 Å². The number of amides is 1. The highest BCUT2D eigenvalue weighted by Crippen LogP contribution is 2.38. The molecule has 2 rings (SSSR count). The molecule has 2 atom stereocenters. The molecule has 1 amide bonds. The van der Waals surface area contributed by atoms with Crippen molar-refractivity contribution >= 4 is 27.8 Å². The van der Waals surface area contributed by atoms with Gasteiger partial charge in [0.1, 0.15) is 0 Å². The van der Waals surface area contributed by atoms with Crippen molar-refractivity contribution in [1.29, 1.82) is 0 Å². The molecule has 1 aromatic rings. The summed E-state index contributed by atoms with van der Waals surface area (Å²) in [6, 6.07) is 5.16. The van der Waals surface area contributed by atoms with Gasteiger partial charge in [0.05, 0.1) is 5.41 Å². The Hall–Kier alpha value is -1.36. The van der Waals surface area contributed by atoms with Gasteiger partial charge in [0, 0.05) is 16.1 Å². The fourth-order valence-electron chi connectivity index (χ4n) is 2.76. The van der Waals surface area contributed by atoms with Crippen LogP contribution < -0.4 is 5.32 Å². The minimum atomic E-state index is -0.864. The number of carboxylic acids is 1. The molecule has 4 nitrogen and oxygen atoms in total. The third-order valence-electron chi connectivity index (χ3n) is 4.06. The van der Waals surface area contributed by atoms with E-state index in [-0.39, 0.29) is 11.9 Å². The lowest BCUT2D eigenvalue weighted by Gasteiger charge is -2.27. The molecule has 1 saturated carbocycles. The Kier molecular flexibility index (Phi) is 4.18. The monoisotopic (exact) mass is 339 g/mol.